The van der Waals surface area contributed by atoms with Crippen molar-refractivity contribution in [3.05, 3.63) is 24.2 Å². The first-order chi connectivity index (χ1) is 10.2. The van der Waals surface area contributed by atoms with Crippen molar-refractivity contribution in [1.82, 2.24) is 15.0 Å². The summed E-state index contributed by atoms with van der Waals surface area (Å²) in [5, 5.41) is 0. The molecule has 0 aromatic carbocycles. The topological polar surface area (TPSA) is 58.6 Å². The normalized spacial score (nSPS) is 23.1. The minimum Gasteiger partial charge on any atom is -0.345 e. The standard InChI is InChI=1S/C17H23N3O/c1-12-5-3-2-4-6-13(12)9-15(21)10-14-11-19-17-16(20-14)7-8-18-17/h7-8,11-13H,2-6,9-10H2,1H3,(H,18,19)/t12-,13-/m1/s1. The fraction of sp³-hybridized carbons (Fsp3) is 0.588. The summed E-state index contributed by atoms with van der Waals surface area (Å²) in [4.78, 5) is 24.1. The van der Waals surface area contributed by atoms with E-state index in [9.17, 15) is 4.79 Å². The lowest BCUT2D eigenvalue weighted by Gasteiger charge is -2.20. The van der Waals surface area contributed by atoms with Gasteiger partial charge in [-0.25, -0.2) is 9.97 Å². The number of nitrogens with one attached hydrogen (secondary N) is 1. The van der Waals surface area contributed by atoms with Crippen LogP contribution in [0.25, 0.3) is 11.2 Å². The molecular formula is C17H23N3O. The molecule has 0 unspecified atom stereocenters. The summed E-state index contributed by atoms with van der Waals surface area (Å²) >= 11 is 0. The Balaban J connectivity index is 1.62. The average molecular weight is 285 g/mol. The lowest BCUT2D eigenvalue weighted by molar-refractivity contribution is -0.119. The minimum atomic E-state index is 0.304. The number of aromatic nitrogens is 3. The molecule has 112 valence electrons. The Morgan fingerprint density at radius 2 is 2.19 bits per heavy atom. The molecule has 2 aromatic heterocycles. The van der Waals surface area contributed by atoms with E-state index < -0.39 is 0 Å². The summed E-state index contributed by atoms with van der Waals surface area (Å²) in [7, 11) is 0. The zero-order chi connectivity index (χ0) is 14.7. The third-order valence-corrected chi connectivity index (χ3v) is 4.72. The van der Waals surface area contributed by atoms with E-state index in [4.69, 9.17) is 0 Å². The van der Waals surface area contributed by atoms with Crippen LogP contribution >= 0.6 is 0 Å². The van der Waals surface area contributed by atoms with Gasteiger partial charge in [0, 0.05) is 12.6 Å². The molecule has 2 aromatic rings. The maximum absolute atomic E-state index is 12.3. The quantitative estimate of drug-likeness (QED) is 0.872. The Labute approximate surface area is 125 Å². The fourth-order valence-electron chi connectivity index (χ4n) is 3.39. The summed E-state index contributed by atoms with van der Waals surface area (Å²) in [5.41, 5.74) is 2.40. The van der Waals surface area contributed by atoms with Crippen LogP contribution < -0.4 is 0 Å². The van der Waals surface area contributed by atoms with Gasteiger partial charge in [0.05, 0.1) is 18.3 Å². The second-order valence-corrected chi connectivity index (χ2v) is 6.37. The number of aromatic amines is 1. The molecule has 0 aliphatic heterocycles. The maximum atomic E-state index is 12.3. The molecule has 3 rings (SSSR count). The number of Topliss-reactive ketones (excluding diaryl/α,β-unsaturated/α-hetero) is 1. The summed E-state index contributed by atoms with van der Waals surface area (Å²) in [6.07, 6.45) is 11.0. The lowest BCUT2D eigenvalue weighted by Crippen LogP contribution is -2.17. The largest absolute Gasteiger partial charge is 0.345 e. The van der Waals surface area contributed by atoms with Crippen LogP contribution in [0.4, 0.5) is 0 Å². The zero-order valence-electron chi connectivity index (χ0n) is 12.6. The number of ketones is 1. The first kappa shape index (κ1) is 14.2. The molecule has 4 nitrogen and oxygen atoms in total. The summed E-state index contributed by atoms with van der Waals surface area (Å²) < 4.78 is 0. The van der Waals surface area contributed by atoms with Gasteiger partial charge in [-0.2, -0.15) is 0 Å². The number of hydrogen-bond acceptors (Lipinski definition) is 3. The predicted octanol–water partition coefficient (Wildman–Crippen LogP) is 3.68. The average Bonchev–Trinajstić information content (AvgIpc) is 2.84. The van der Waals surface area contributed by atoms with E-state index in [0.717, 1.165) is 16.9 Å². The Kier molecular flexibility index (Phi) is 4.32. The Morgan fingerprint density at radius 3 is 3.10 bits per heavy atom. The van der Waals surface area contributed by atoms with Crippen molar-refractivity contribution in [3.8, 4) is 0 Å². The van der Waals surface area contributed by atoms with Crippen LogP contribution in [0.1, 0.15) is 51.1 Å². The number of nitrogens with zero attached hydrogens (tertiary/aromatic N) is 2. The van der Waals surface area contributed by atoms with E-state index in [2.05, 4.69) is 21.9 Å². The van der Waals surface area contributed by atoms with Crippen LogP contribution in [-0.4, -0.2) is 20.7 Å². The van der Waals surface area contributed by atoms with Gasteiger partial charge in [-0.1, -0.05) is 32.6 Å². The molecule has 0 bridgehead atoms. The van der Waals surface area contributed by atoms with Gasteiger partial charge in [0.2, 0.25) is 0 Å². The molecule has 4 heteroatoms. The van der Waals surface area contributed by atoms with Crippen molar-refractivity contribution in [2.75, 3.05) is 0 Å². The van der Waals surface area contributed by atoms with Crippen LogP contribution in [0.5, 0.6) is 0 Å². The molecule has 1 fully saturated rings. The number of carbonyl (C=O) groups is 1. The number of hydrogen-bond donors (Lipinski definition) is 1. The van der Waals surface area contributed by atoms with E-state index in [0.29, 0.717) is 30.5 Å². The highest BCUT2D eigenvalue weighted by atomic mass is 16.1. The smallest absolute Gasteiger partial charge is 0.156 e. The van der Waals surface area contributed by atoms with E-state index in [1.165, 1.54) is 32.1 Å². The van der Waals surface area contributed by atoms with E-state index in [1.54, 1.807) is 6.20 Å². The molecule has 1 N–H and O–H groups in total. The summed E-state index contributed by atoms with van der Waals surface area (Å²) in [6, 6.07) is 1.89. The Bertz CT molecular complexity index is 619. The van der Waals surface area contributed by atoms with Crippen molar-refractivity contribution in [2.45, 2.75) is 51.9 Å². The van der Waals surface area contributed by atoms with Gasteiger partial charge in [-0.05, 0) is 24.3 Å². The van der Waals surface area contributed by atoms with Gasteiger partial charge in [0.25, 0.3) is 0 Å². The highest BCUT2D eigenvalue weighted by Crippen LogP contribution is 2.31. The van der Waals surface area contributed by atoms with Gasteiger partial charge in [-0.3, -0.25) is 4.79 Å². The van der Waals surface area contributed by atoms with Crippen molar-refractivity contribution in [3.63, 3.8) is 0 Å². The number of carbonyl (C=O) groups excluding carboxylic acids is 1. The SMILES string of the molecule is C[C@@H]1CCCCC[C@@H]1CC(=O)Cc1cnc2[nH]ccc2n1. The number of fused-ring (bicyclic) bond motifs is 1. The van der Waals surface area contributed by atoms with Crippen molar-refractivity contribution in [2.24, 2.45) is 11.8 Å². The molecule has 2 atom stereocenters. The van der Waals surface area contributed by atoms with Gasteiger partial charge < -0.3 is 4.98 Å². The van der Waals surface area contributed by atoms with E-state index in [1.807, 2.05) is 12.3 Å². The minimum absolute atomic E-state index is 0.304. The van der Waals surface area contributed by atoms with Crippen molar-refractivity contribution >= 4 is 16.9 Å². The fourth-order valence-corrected chi connectivity index (χ4v) is 3.39. The first-order valence-electron chi connectivity index (χ1n) is 8.03. The van der Waals surface area contributed by atoms with Gasteiger partial charge in [0.15, 0.2) is 5.65 Å². The highest BCUT2D eigenvalue weighted by molar-refractivity contribution is 5.81. The monoisotopic (exact) mass is 285 g/mol. The Hall–Kier alpha value is -1.71. The van der Waals surface area contributed by atoms with Crippen LogP contribution in [0.15, 0.2) is 18.5 Å². The van der Waals surface area contributed by atoms with Crippen LogP contribution in [0.2, 0.25) is 0 Å². The highest BCUT2D eigenvalue weighted by Gasteiger charge is 2.22. The molecule has 0 amide bonds. The first-order valence-corrected chi connectivity index (χ1v) is 8.03. The van der Waals surface area contributed by atoms with Crippen LogP contribution in [-0.2, 0) is 11.2 Å². The molecular weight excluding hydrogens is 262 g/mol. The van der Waals surface area contributed by atoms with Gasteiger partial charge in [-0.15, -0.1) is 0 Å². The summed E-state index contributed by atoms with van der Waals surface area (Å²) in [6.45, 7) is 2.30. The number of rotatable bonds is 4. The van der Waals surface area contributed by atoms with Crippen LogP contribution in [0.3, 0.4) is 0 Å². The zero-order valence-corrected chi connectivity index (χ0v) is 12.6. The Morgan fingerprint density at radius 1 is 1.33 bits per heavy atom. The number of H-pyrrole nitrogens is 1. The van der Waals surface area contributed by atoms with Gasteiger partial charge in [0.1, 0.15) is 11.3 Å². The second-order valence-electron chi connectivity index (χ2n) is 6.37. The predicted molar refractivity (Wildman–Crippen MR) is 83.0 cm³/mol. The van der Waals surface area contributed by atoms with Crippen LogP contribution in [0, 0.1) is 11.8 Å². The van der Waals surface area contributed by atoms with Crippen molar-refractivity contribution < 1.29 is 4.79 Å². The van der Waals surface area contributed by atoms with E-state index >= 15 is 0 Å². The van der Waals surface area contributed by atoms with Gasteiger partial charge >= 0.3 is 0 Å². The maximum Gasteiger partial charge on any atom is 0.156 e. The van der Waals surface area contributed by atoms with E-state index in [-0.39, 0.29) is 0 Å². The third kappa shape index (κ3) is 3.49. The second kappa shape index (κ2) is 6.37. The molecule has 1 aliphatic carbocycles. The molecule has 1 aliphatic rings. The van der Waals surface area contributed by atoms with Crippen molar-refractivity contribution in [1.29, 1.82) is 0 Å². The third-order valence-electron chi connectivity index (χ3n) is 4.72. The molecule has 0 radical (unpaired) electrons. The molecule has 21 heavy (non-hydrogen) atoms. The molecule has 0 saturated heterocycles. The molecule has 2 heterocycles. The molecule has 0 spiro atoms. The summed E-state index contributed by atoms with van der Waals surface area (Å²) in [5.74, 6) is 1.54. The lowest BCUT2D eigenvalue weighted by atomic mass is 9.85. The molecule has 1 saturated carbocycles.